The number of rotatable bonds is 2. The summed E-state index contributed by atoms with van der Waals surface area (Å²) in [4.78, 5) is 17.6. The topological polar surface area (TPSA) is 43.6 Å². The molecule has 0 aliphatic heterocycles. The lowest BCUT2D eigenvalue weighted by Crippen LogP contribution is -2.15. The normalized spacial score (nSPS) is 11.2. The lowest BCUT2D eigenvalue weighted by Gasteiger charge is -2.06. The zero-order valence-corrected chi connectivity index (χ0v) is 11.0. The molecule has 5 heteroatoms. The minimum atomic E-state index is -0.0321. The summed E-state index contributed by atoms with van der Waals surface area (Å²) in [5, 5.41) is 2.53. The van der Waals surface area contributed by atoms with Gasteiger partial charge in [0.05, 0.1) is 12.0 Å². The van der Waals surface area contributed by atoms with Crippen molar-refractivity contribution < 1.29 is 4.74 Å². The van der Waals surface area contributed by atoms with E-state index in [9.17, 15) is 4.79 Å². The fourth-order valence-electron chi connectivity index (χ4n) is 2.02. The molecule has 0 aliphatic carbocycles. The van der Waals surface area contributed by atoms with Crippen LogP contribution in [0.5, 0.6) is 5.75 Å². The maximum Gasteiger partial charge on any atom is 0.266 e. The number of hydrogen-bond donors (Lipinski definition) is 0. The molecular formula is C13H12N2O2S. The maximum atomic E-state index is 12.4. The number of para-hydroxylation sites is 1. The fourth-order valence-corrected chi connectivity index (χ4v) is 2.87. The lowest BCUT2D eigenvalue weighted by molar-refractivity contribution is 0.343. The van der Waals surface area contributed by atoms with Crippen molar-refractivity contribution >= 4 is 27.2 Å². The molecule has 0 radical (unpaired) electrons. The molecule has 0 unspecified atom stereocenters. The van der Waals surface area contributed by atoms with E-state index in [0.29, 0.717) is 28.2 Å². The van der Waals surface area contributed by atoms with E-state index in [0.717, 1.165) is 5.69 Å². The van der Waals surface area contributed by atoms with Crippen molar-refractivity contribution in [2.45, 2.75) is 13.8 Å². The Labute approximate surface area is 107 Å². The van der Waals surface area contributed by atoms with E-state index < -0.39 is 0 Å². The van der Waals surface area contributed by atoms with Gasteiger partial charge in [0, 0.05) is 11.1 Å². The van der Waals surface area contributed by atoms with Crippen LogP contribution in [0.2, 0.25) is 0 Å². The average molecular weight is 260 g/mol. The van der Waals surface area contributed by atoms with Gasteiger partial charge in [-0.05, 0) is 26.0 Å². The highest BCUT2D eigenvalue weighted by Gasteiger charge is 2.11. The second-order valence-electron chi connectivity index (χ2n) is 4.00. The molecule has 2 heterocycles. The van der Waals surface area contributed by atoms with Crippen LogP contribution in [-0.2, 0) is 0 Å². The Kier molecular flexibility index (Phi) is 2.56. The maximum absolute atomic E-state index is 12.4. The van der Waals surface area contributed by atoms with Crippen molar-refractivity contribution in [1.29, 1.82) is 0 Å². The quantitative estimate of drug-likeness (QED) is 0.711. The van der Waals surface area contributed by atoms with Crippen LogP contribution in [0.3, 0.4) is 0 Å². The second kappa shape index (κ2) is 4.10. The Morgan fingerprint density at radius 3 is 3.06 bits per heavy atom. The summed E-state index contributed by atoms with van der Waals surface area (Å²) in [5.41, 5.74) is 1.53. The Balaban J connectivity index is 2.49. The van der Waals surface area contributed by atoms with Gasteiger partial charge in [-0.2, -0.15) is 0 Å². The van der Waals surface area contributed by atoms with Gasteiger partial charge in [-0.1, -0.05) is 6.07 Å². The molecule has 4 nitrogen and oxygen atoms in total. The smallest absolute Gasteiger partial charge is 0.266 e. The van der Waals surface area contributed by atoms with Crippen molar-refractivity contribution in [3.05, 3.63) is 39.6 Å². The molecule has 2 aromatic heterocycles. The number of aromatic nitrogens is 2. The van der Waals surface area contributed by atoms with E-state index in [4.69, 9.17) is 4.74 Å². The van der Waals surface area contributed by atoms with E-state index in [2.05, 4.69) is 4.98 Å². The third kappa shape index (κ3) is 1.51. The zero-order chi connectivity index (χ0) is 12.7. The molecule has 92 valence electrons. The SMILES string of the molecule is CCOc1cccc2c(=O)n3c(C)csc3nc12. The Bertz CT molecular complexity index is 789. The third-order valence-corrected chi connectivity index (χ3v) is 3.76. The summed E-state index contributed by atoms with van der Waals surface area (Å²) in [5.74, 6) is 0.667. The van der Waals surface area contributed by atoms with Crippen molar-refractivity contribution in [1.82, 2.24) is 9.38 Å². The predicted octanol–water partition coefficient (Wildman–Crippen LogP) is 2.62. The van der Waals surface area contributed by atoms with Gasteiger partial charge in [0.1, 0.15) is 11.3 Å². The molecule has 3 rings (SSSR count). The molecule has 0 N–H and O–H groups in total. The summed E-state index contributed by atoms with van der Waals surface area (Å²) in [7, 11) is 0. The van der Waals surface area contributed by atoms with Crippen LogP contribution in [0.15, 0.2) is 28.4 Å². The molecule has 0 fully saturated rings. The van der Waals surface area contributed by atoms with Gasteiger partial charge < -0.3 is 4.74 Å². The van der Waals surface area contributed by atoms with Crippen molar-refractivity contribution in [2.75, 3.05) is 6.61 Å². The molecular weight excluding hydrogens is 248 g/mol. The number of ether oxygens (including phenoxy) is 1. The van der Waals surface area contributed by atoms with Crippen molar-refractivity contribution in [3.63, 3.8) is 0 Å². The van der Waals surface area contributed by atoms with Crippen molar-refractivity contribution in [2.24, 2.45) is 0 Å². The fraction of sp³-hybridized carbons (Fsp3) is 0.231. The molecule has 18 heavy (non-hydrogen) atoms. The summed E-state index contributed by atoms with van der Waals surface area (Å²) in [6.45, 7) is 4.38. The number of nitrogens with zero attached hydrogens (tertiary/aromatic N) is 2. The van der Waals surface area contributed by atoms with Crippen LogP contribution in [-0.4, -0.2) is 16.0 Å². The first-order chi connectivity index (χ1) is 8.72. The Morgan fingerprint density at radius 2 is 2.28 bits per heavy atom. The van der Waals surface area contributed by atoms with Crippen LogP contribution < -0.4 is 10.3 Å². The van der Waals surface area contributed by atoms with E-state index in [1.165, 1.54) is 11.3 Å². The minimum absolute atomic E-state index is 0.0321. The highest BCUT2D eigenvalue weighted by Crippen LogP contribution is 2.23. The van der Waals surface area contributed by atoms with Gasteiger partial charge in [0.2, 0.25) is 0 Å². The average Bonchev–Trinajstić information content (AvgIpc) is 2.73. The molecule has 0 amide bonds. The van der Waals surface area contributed by atoms with Crippen molar-refractivity contribution in [3.8, 4) is 5.75 Å². The number of thiazole rings is 1. The molecule has 1 aromatic carbocycles. The number of hydrogen-bond acceptors (Lipinski definition) is 4. The number of benzene rings is 1. The summed E-state index contributed by atoms with van der Waals surface area (Å²) < 4.78 is 7.17. The first-order valence-electron chi connectivity index (χ1n) is 5.74. The molecule has 0 bridgehead atoms. The largest absolute Gasteiger partial charge is 0.492 e. The van der Waals surface area contributed by atoms with Gasteiger partial charge in [0.25, 0.3) is 5.56 Å². The summed E-state index contributed by atoms with van der Waals surface area (Å²) >= 11 is 1.47. The van der Waals surface area contributed by atoms with Gasteiger partial charge in [0.15, 0.2) is 4.96 Å². The van der Waals surface area contributed by atoms with Gasteiger partial charge in [-0.15, -0.1) is 11.3 Å². The standard InChI is InChI=1S/C13H12N2O2S/c1-3-17-10-6-4-5-9-11(10)14-13-15(12(9)16)8(2)7-18-13/h4-7H,3H2,1-2H3. The van der Waals surface area contributed by atoms with Crippen LogP contribution in [0.4, 0.5) is 0 Å². The predicted molar refractivity (Wildman–Crippen MR) is 72.8 cm³/mol. The minimum Gasteiger partial charge on any atom is -0.492 e. The highest BCUT2D eigenvalue weighted by molar-refractivity contribution is 7.15. The monoisotopic (exact) mass is 260 g/mol. The van der Waals surface area contributed by atoms with Gasteiger partial charge >= 0.3 is 0 Å². The molecule has 0 saturated carbocycles. The summed E-state index contributed by atoms with van der Waals surface area (Å²) in [6, 6.07) is 5.45. The number of fused-ring (bicyclic) bond motifs is 2. The lowest BCUT2D eigenvalue weighted by atomic mass is 10.2. The van der Waals surface area contributed by atoms with E-state index in [-0.39, 0.29) is 5.56 Å². The first kappa shape index (κ1) is 11.2. The third-order valence-electron chi connectivity index (χ3n) is 2.82. The zero-order valence-electron chi connectivity index (χ0n) is 10.1. The molecule has 0 atom stereocenters. The molecule has 0 saturated heterocycles. The van der Waals surface area contributed by atoms with E-state index in [1.807, 2.05) is 31.4 Å². The second-order valence-corrected chi connectivity index (χ2v) is 4.83. The van der Waals surface area contributed by atoms with Crippen LogP contribution in [0.1, 0.15) is 12.6 Å². The van der Waals surface area contributed by atoms with Gasteiger partial charge in [-0.3, -0.25) is 9.20 Å². The summed E-state index contributed by atoms with van der Waals surface area (Å²) in [6.07, 6.45) is 0. The molecule has 0 aliphatic rings. The van der Waals surface area contributed by atoms with E-state index in [1.54, 1.807) is 10.5 Å². The molecule has 0 spiro atoms. The van der Waals surface area contributed by atoms with Crippen LogP contribution >= 0.6 is 11.3 Å². The first-order valence-corrected chi connectivity index (χ1v) is 6.62. The Hall–Kier alpha value is -1.88. The van der Waals surface area contributed by atoms with E-state index >= 15 is 0 Å². The van der Waals surface area contributed by atoms with Gasteiger partial charge in [-0.25, -0.2) is 4.98 Å². The molecule has 3 aromatic rings. The number of aryl methyl sites for hydroxylation is 1. The van der Waals surface area contributed by atoms with Crippen LogP contribution in [0, 0.1) is 6.92 Å². The van der Waals surface area contributed by atoms with Crippen LogP contribution in [0.25, 0.3) is 15.9 Å². The Morgan fingerprint density at radius 1 is 1.44 bits per heavy atom. The highest BCUT2D eigenvalue weighted by atomic mass is 32.1.